The molecule has 1 aromatic carbocycles. The highest BCUT2D eigenvalue weighted by Gasteiger charge is 2.20. The Bertz CT molecular complexity index is 1520. The number of benzene rings is 1. The summed E-state index contributed by atoms with van der Waals surface area (Å²) < 4.78 is 10.6. The van der Waals surface area contributed by atoms with Gasteiger partial charge in [0, 0.05) is 37.1 Å². The van der Waals surface area contributed by atoms with Crippen molar-refractivity contribution in [1.82, 2.24) is 29.7 Å². The first-order valence-electron chi connectivity index (χ1n) is 11.4. The molecule has 4 heterocycles. The number of methoxy groups -OCH3 is 2. The molecule has 5 rings (SSSR count). The SMILES string of the molecule is COc1cc2nc(CN3CCN(Cc4nc5sc(C)c(C)c5c(=O)[nH]4)CC3)[nH]c(=O)c2cc1OC. The molecule has 0 atom stereocenters. The zero-order chi connectivity index (χ0) is 24.7. The molecule has 0 radical (unpaired) electrons. The smallest absolute Gasteiger partial charge is 0.259 e. The van der Waals surface area contributed by atoms with Gasteiger partial charge in [-0.1, -0.05) is 0 Å². The molecule has 184 valence electrons. The summed E-state index contributed by atoms with van der Waals surface area (Å²) in [7, 11) is 3.10. The summed E-state index contributed by atoms with van der Waals surface area (Å²) in [5.74, 6) is 2.34. The van der Waals surface area contributed by atoms with Crippen molar-refractivity contribution >= 4 is 32.5 Å². The van der Waals surface area contributed by atoms with Gasteiger partial charge in [0.1, 0.15) is 16.5 Å². The zero-order valence-electron chi connectivity index (χ0n) is 20.2. The Morgan fingerprint density at radius 1 is 0.886 bits per heavy atom. The molecular weight excluding hydrogens is 468 g/mol. The maximum atomic E-state index is 12.7. The standard InChI is InChI=1S/C24H28N6O4S/c1-13-14(2)35-24-21(13)23(32)27-20(28-24)12-30-7-5-29(6-8-30)11-19-25-16-10-18(34-4)17(33-3)9-15(16)22(31)26-19/h9-10H,5-8,11-12H2,1-4H3,(H,25,26,31)(H,27,28,32). The van der Waals surface area contributed by atoms with Gasteiger partial charge in [0.2, 0.25) is 0 Å². The Labute approximate surface area is 205 Å². The number of piperazine rings is 1. The topological polar surface area (TPSA) is 116 Å². The van der Waals surface area contributed by atoms with Crippen LogP contribution in [0.5, 0.6) is 11.5 Å². The van der Waals surface area contributed by atoms with Gasteiger partial charge in [0.25, 0.3) is 11.1 Å². The van der Waals surface area contributed by atoms with E-state index < -0.39 is 0 Å². The van der Waals surface area contributed by atoms with Crippen molar-refractivity contribution in [2.75, 3.05) is 40.4 Å². The Hall–Kier alpha value is -3.28. The molecule has 0 aliphatic carbocycles. The Kier molecular flexibility index (Phi) is 6.30. The third-order valence-electron chi connectivity index (χ3n) is 6.56. The van der Waals surface area contributed by atoms with E-state index in [4.69, 9.17) is 14.5 Å². The Morgan fingerprint density at radius 2 is 1.46 bits per heavy atom. The van der Waals surface area contributed by atoms with E-state index in [-0.39, 0.29) is 11.1 Å². The molecule has 10 nitrogen and oxygen atoms in total. The molecule has 35 heavy (non-hydrogen) atoms. The average Bonchev–Trinajstić information content (AvgIpc) is 3.13. The lowest BCUT2D eigenvalue weighted by molar-refractivity contribution is 0.118. The van der Waals surface area contributed by atoms with E-state index in [1.54, 1.807) is 30.6 Å². The molecular formula is C24H28N6O4S. The summed E-state index contributed by atoms with van der Waals surface area (Å²) in [4.78, 5) is 46.9. The van der Waals surface area contributed by atoms with E-state index in [2.05, 4.69) is 24.8 Å². The summed E-state index contributed by atoms with van der Waals surface area (Å²) >= 11 is 1.57. The van der Waals surface area contributed by atoms with Crippen LogP contribution in [0.25, 0.3) is 21.1 Å². The third-order valence-corrected chi connectivity index (χ3v) is 7.66. The number of hydrogen-bond acceptors (Lipinski definition) is 9. The average molecular weight is 497 g/mol. The summed E-state index contributed by atoms with van der Waals surface area (Å²) in [6.07, 6.45) is 0. The predicted molar refractivity (Wildman–Crippen MR) is 136 cm³/mol. The quantitative estimate of drug-likeness (QED) is 0.417. The van der Waals surface area contributed by atoms with Gasteiger partial charge in [-0.3, -0.25) is 19.4 Å². The van der Waals surface area contributed by atoms with Gasteiger partial charge in [-0.25, -0.2) is 9.97 Å². The lowest BCUT2D eigenvalue weighted by atomic mass is 10.2. The first-order chi connectivity index (χ1) is 16.9. The predicted octanol–water partition coefficient (Wildman–Crippen LogP) is 2.17. The number of aromatic amines is 2. The van der Waals surface area contributed by atoms with Crippen LogP contribution in [0.2, 0.25) is 0 Å². The fraction of sp³-hybridized carbons (Fsp3) is 0.417. The molecule has 0 amide bonds. The molecule has 1 fully saturated rings. The highest BCUT2D eigenvalue weighted by atomic mass is 32.1. The molecule has 4 aromatic rings. The maximum absolute atomic E-state index is 12.7. The fourth-order valence-electron chi connectivity index (χ4n) is 4.49. The number of rotatable bonds is 6. The first kappa shape index (κ1) is 23.5. The van der Waals surface area contributed by atoms with Gasteiger partial charge < -0.3 is 19.4 Å². The summed E-state index contributed by atoms with van der Waals surface area (Å²) in [6, 6.07) is 3.38. The van der Waals surface area contributed by atoms with Gasteiger partial charge in [0.05, 0.1) is 43.6 Å². The molecule has 2 N–H and O–H groups in total. The second-order valence-electron chi connectivity index (χ2n) is 8.77. The van der Waals surface area contributed by atoms with Crippen LogP contribution < -0.4 is 20.6 Å². The summed E-state index contributed by atoms with van der Waals surface area (Å²) in [5, 5.41) is 1.17. The number of H-pyrrole nitrogens is 2. The highest BCUT2D eigenvalue weighted by molar-refractivity contribution is 7.18. The monoisotopic (exact) mass is 496 g/mol. The van der Waals surface area contributed by atoms with Crippen LogP contribution >= 0.6 is 11.3 Å². The van der Waals surface area contributed by atoms with Crippen molar-refractivity contribution in [1.29, 1.82) is 0 Å². The number of fused-ring (bicyclic) bond motifs is 2. The molecule has 0 bridgehead atoms. The van der Waals surface area contributed by atoms with E-state index in [0.29, 0.717) is 52.5 Å². The minimum atomic E-state index is -0.200. The van der Waals surface area contributed by atoms with Crippen LogP contribution in [0, 0.1) is 13.8 Å². The zero-order valence-corrected chi connectivity index (χ0v) is 21.0. The Morgan fingerprint density at radius 3 is 2.09 bits per heavy atom. The number of aryl methyl sites for hydroxylation is 2. The lowest BCUT2D eigenvalue weighted by Crippen LogP contribution is -2.46. The van der Waals surface area contributed by atoms with Crippen molar-refractivity contribution in [3.05, 3.63) is 54.9 Å². The number of nitrogens with one attached hydrogen (secondary N) is 2. The van der Waals surface area contributed by atoms with Crippen molar-refractivity contribution in [2.24, 2.45) is 0 Å². The van der Waals surface area contributed by atoms with Crippen LogP contribution in [0.15, 0.2) is 21.7 Å². The van der Waals surface area contributed by atoms with Crippen LogP contribution in [0.3, 0.4) is 0 Å². The van der Waals surface area contributed by atoms with Crippen LogP contribution in [0.1, 0.15) is 22.1 Å². The van der Waals surface area contributed by atoms with Crippen molar-refractivity contribution < 1.29 is 9.47 Å². The molecule has 1 saturated heterocycles. The van der Waals surface area contributed by atoms with E-state index in [9.17, 15) is 9.59 Å². The van der Waals surface area contributed by atoms with Crippen LogP contribution in [0.4, 0.5) is 0 Å². The van der Waals surface area contributed by atoms with E-state index in [0.717, 1.165) is 41.5 Å². The molecule has 1 aliphatic heterocycles. The lowest BCUT2D eigenvalue weighted by Gasteiger charge is -2.34. The van der Waals surface area contributed by atoms with Gasteiger partial charge in [-0.15, -0.1) is 11.3 Å². The number of thiophene rings is 1. The Balaban J connectivity index is 1.26. The number of ether oxygens (including phenoxy) is 2. The summed E-state index contributed by atoms with van der Waals surface area (Å²) in [5.41, 5.74) is 1.32. The minimum Gasteiger partial charge on any atom is -0.493 e. The van der Waals surface area contributed by atoms with Crippen molar-refractivity contribution in [2.45, 2.75) is 26.9 Å². The number of nitrogens with zero attached hydrogens (tertiary/aromatic N) is 4. The first-order valence-corrected chi connectivity index (χ1v) is 12.3. The molecule has 0 saturated carbocycles. The molecule has 1 aliphatic rings. The molecule has 0 spiro atoms. The van der Waals surface area contributed by atoms with E-state index >= 15 is 0 Å². The summed E-state index contributed by atoms with van der Waals surface area (Å²) in [6.45, 7) is 8.42. The number of aromatic nitrogens is 4. The van der Waals surface area contributed by atoms with Gasteiger partial charge in [0.15, 0.2) is 11.5 Å². The minimum absolute atomic E-state index is 0.0638. The second kappa shape index (κ2) is 9.40. The van der Waals surface area contributed by atoms with Crippen LogP contribution in [-0.4, -0.2) is 70.1 Å². The van der Waals surface area contributed by atoms with Crippen molar-refractivity contribution in [3.8, 4) is 11.5 Å². The van der Waals surface area contributed by atoms with Crippen molar-refractivity contribution in [3.63, 3.8) is 0 Å². The molecule has 11 heteroatoms. The third kappa shape index (κ3) is 4.54. The molecule has 0 unspecified atom stereocenters. The van der Waals surface area contributed by atoms with Gasteiger partial charge in [-0.05, 0) is 25.5 Å². The van der Waals surface area contributed by atoms with Gasteiger partial charge in [-0.2, -0.15) is 0 Å². The maximum Gasteiger partial charge on any atom is 0.259 e. The molecule has 3 aromatic heterocycles. The second-order valence-corrected chi connectivity index (χ2v) is 9.97. The highest BCUT2D eigenvalue weighted by Crippen LogP contribution is 2.30. The fourth-order valence-corrected chi connectivity index (χ4v) is 5.54. The normalized spacial score (nSPS) is 15.2. The van der Waals surface area contributed by atoms with E-state index in [1.165, 1.54) is 7.11 Å². The van der Waals surface area contributed by atoms with E-state index in [1.807, 2.05) is 13.8 Å². The number of hydrogen-bond donors (Lipinski definition) is 2. The van der Waals surface area contributed by atoms with Gasteiger partial charge >= 0.3 is 0 Å². The van der Waals surface area contributed by atoms with Crippen LogP contribution in [-0.2, 0) is 13.1 Å². The largest absolute Gasteiger partial charge is 0.493 e.